The Labute approximate surface area is 195 Å². The van der Waals surface area contributed by atoms with Gasteiger partial charge in [0.2, 0.25) is 5.91 Å². The first kappa shape index (κ1) is 23.1. The zero-order chi connectivity index (χ0) is 22.4. The summed E-state index contributed by atoms with van der Waals surface area (Å²) in [6, 6.07) is 5.77. The molecule has 1 aliphatic carbocycles. The van der Waals surface area contributed by atoms with Gasteiger partial charge < -0.3 is 14.8 Å². The Morgan fingerprint density at radius 1 is 1.06 bits per heavy atom. The smallest absolute Gasteiger partial charge is 0.226 e. The predicted octanol–water partition coefficient (Wildman–Crippen LogP) is 4.67. The third kappa shape index (κ3) is 5.26. The van der Waals surface area contributed by atoms with E-state index in [2.05, 4.69) is 10.2 Å². The van der Waals surface area contributed by atoms with Crippen LogP contribution in [0.2, 0.25) is 0 Å². The average Bonchev–Trinajstić information content (AvgIpc) is 3.32. The molecule has 1 saturated heterocycles. The summed E-state index contributed by atoms with van der Waals surface area (Å²) in [6.45, 7) is 3.12. The number of likely N-dealkylation sites (tertiary alicyclic amines) is 1. The van der Waals surface area contributed by atoms with E-state index in [1.54, 1.807) is 25.6 Å². The average molecular weight is 458 g/mol. The summed E-state index contributed by atoms with van der Waals surface area (Å²) in [5, 5.41) is 6.13. The monoisotopic (exact) mass is 457 g/mol. The highest BCUT2D eigenvalue weighted by atomic mass is 32.1. The van der Waals surface area contributed by atoms with Gasteiger partial charge in [0.1, 0.15) is 5.01 Å². The molecule has 2 aromatic rings. The van der Waals surface area contributed by atoms with Gasteiger partial charge >= 0.3 is 0 Å². The number of ether oxygens (including phenoxy) is 2. The number of thiazole rings is 1. The molecule has 174 valence electrons. The predicted molar refractivity (Wildman–Crippen MR) is 129 cm³/mol. The number of rotatable bonds is 8. The molecule has 0 spiro atoms. The minimum Gasteiger partial charge on any atom is -0.493 e. The molecule has 1 aromatic heterocycles. The molecule has 0 radical (unpaired) electrons. The van der Waals surface area contributed by atoms with Crippen LogP contribution in [-0.2, 0) is 11.2 Å². The van der Waals surface area contributed by atoms with Crippen LogP contribution in [0.4, 0.5) is 0 Å². The molecule has 32 heavy (non-hydrogen) atoms. The van der Waals surface area contributed by atoms with Gasteiger partial charge in [-0.2, -0.15) is 0 Å². The summed E-state index contributed by atoms with van der Waals surface area (Å²) >= 11 is 1.55. The third-order valence-corrected chi connectivity index (χ3v) is 7.89. The Hall–Kier alpha value is -2.12. The summed E-state index contributed by atoms with van der Waals surface area (Å²) in [4.78, 5) is 20.2. The number of amides is 1. The highest BCUT2D eigenvalue weighted by Crippen LogP contribution is 2.36. The molecule has 1 amide bonds. The molecule has 0 unspecified atom stereocenters. The normalized spacial score (nSPS) is 18.8. The number of carbonyl (C=O) groups excluding carboxylic acids is 1. The Morgan fingerprint density at radius 3 is 2.50 bits per heavy atom. The molecule has 2 fully saturated rings. The largest absolute Gasteiger partial charge is 0.493 e. The van der Waals surface area contributed by atoms with E-state index < -0.39 is 0 Å². The van der Waals surface area contributed by atoms with Crippen molar-refractivity contribution < 1.29 is 14.3 Å². The highest BCUT2D eigenvalue weighted by molar-refractivity contribution is 7.13. The first-order chi connectivity index (χ1) is 15.6. The number of hydrogen-bond acceptors (Lipinski definition) is 6. The van der Waals surface area contributed by atoms with Crippen LogP contribution in [0.1, 0.15) is 57.1 Å². The van der Waals surface area contributed by atoms with Crippen LogP contribution in [0.3, 0.4) is 0 Å². The highest BCUT2D eigenvalue weighted by Gasteiger charge is 2.38. The standard InChI is InChI=1S/C25H35N3O3S/c1-30-21-10-9-19(15-22(21)31-2)24-27-20(17-32-24)16-23(29)26-18-25(11-5-3-6-12-25)28-13-7-4-8-14-28/h9-10,15,17H,3-8,11-14,16,18H2,1-2H3,(H,26,29). The molecular weight excluding hydrogens is 422 g/mol. The van der Waals surface area contributed by atoms with E-state index in [-0.39, 0.29) is 11.4 Å². The van der Waals surface area contributed by atoms with Gasteiger partial charge in [0.15, 0.2) is 11.5 Å². The fourth-order valence-corrected chi connectivity index (χ4v) is 5.98. The number of carbonyl (C=O) groups is 1. The molecule has 0 bridgehead atoms. The Balaban J connectivity index is 1.37. The van der Waals surface area contributed by atoms with Crippen LogP contribution >= 0.6 is 11.3 Å². The van der Waals surface area contributed by atoms with Gasteiger partial charge in [-0.15, -0.1) is 11.3 Å². The molecule has 1 N–H and O–H groups in total. The summed E-state index contributed by atoms with van der Waals surface area (Å²) in [6.07, 6.45) is 10.5. The van der Waals surface area contributed by atoms with Gasteiger partial charge in [-0.1, -0.05) is 25.7 Å². The van der Waals surface area contributed by atoms with Crippen molar-refractivity contribution in [2.24, 2.45) is 0 Å². The lowest BCUT2D eigenvalue weighted by molar-refractivity contribution is -0.121. The Bertz CT molecular complexity index is 902. The number of piperidine rings is 1. The van der Waals surface area contributed by atoms with E-state index in [0.29, 0.717) is 17.9 Å². The summed E-state index contributed by atoms with van der Waals surface area (Å²) in [7, 11) is 3.25. The fourth-order valence-electron chi connectivity index (χ4n) is 5.16. The van der Waals surface area contributed by atoms with Crippen molar-refractivity contribution in [3.63, 3.8) is 0 Å². The van der Waals surface area contributed by atoms with Crippen LogP contribution < -0.4 is 14.8 Å². The summed E-state index contributed by atoms with van der Waals surface area (Å²) in [5.41, 5.74) is 1.93. The van der Waals surface area contributed by atoms with Crippen molar-refractivity contribution in [3.05, 3.63) is 29.3 Å². The molecule has 1 saturated carbocycles. The summed E-state index contributed by atoms with van der Waals surface area (Å²) < 4.78 is 10.7. The quantitative estimate of drug-likeness (QED) is 0.624. The van der Waals surface area contributed by atoms with Gasteiger partial charge in [-0.3, -0.25) is 9.69 Å². The van der Waals surface area contributed by atoms with Crippen LogP contribution in [-0.4, -0.2) is 55.2 Å². The van der Waals surface area contributed by atoms with E-state index in [9.17, 15) is 4.79 Å². The van der Waals surface area contributed by atoms with E-state index >= 15 is 0 Å². The molecule has 7 heteroatoms. The van der Waals surface area contributed by atoms with E-state index in [4.69, 9.17) is 14.5 Å². The van der Waals surface area contributed by atoms with Crippen LogP contribution in [0, 0.1) is 0 Å². The Kier molecular flexibility index (Phi) is 7.68. The lowest BCUT2D eigenvalue weighted by atomic mass is 9.79. The lowest BCUT2D eigenvalue weighted by Crippen LogP contribution is -2.58. The van der Waals surface area contributed by atoms with Crippen molar-refractivity contribution in [3.8, 4) is 22.1 Å². The molecule has 6 nitrogen and oxygen atoms in total. The Morgan fingerprint density at radius 2 is 1.78 bits per heavy atom. The van der Waals surface area contributed by atoms with E-state index in [0.717, 1.165) is 22.8 Å². The number of aromatic nitrogens is 1. The third-order valence-electron chi connectivity index (χ3n) is 6.95. The minimum absolute atomic E-state index is 0.0659. The molecule has 4 rings (SSSR count). The van der Waals surface area contributed by atoms with Gasteiger partial charge in [-0.25, -0.2) is 4.98 Å². The van der Waals surface area contributed by atoms with Crippen LogP contribution in [0.5, 0.6) is 11.5 Å². The van der Waals surface area contributed by atoms with Crippen molar-refractivity contribution in [1.29, 1.82) is 0 Å². The van der Waals surface area contributed by atoms with Crippen LogP contribution in [0.15, 0.2) is 23.6 Å². The zero-order valence-corrected chi connectivity index (χ0v) is 20.1. The van der Waals surface area contributed by atoms with Gasteiger partial charge in [0.25, 0.3) is 0 Å². The first-order valence-corrected chi connectivity index (χ1v) is 12.7. The van der Waals surface area contributed by atoms with Crippen molar-refractivity contribution >= 4 is 17.2 Å². The van der Waals surface area contributed by atoms with Crippen molar-refractivity contribution in [1.82, 2.24) is 15.2 Å². The molecular formula is C25H35N3O3S. The SMILES string of the molecule is COc1ccc(-c2nc(CC(=O)NCC3(N4CCCCC4)CCCCC3)cs2)cc1OC. The lowest BCUT2D eigenvalue weighted by Gasteiger charge is -2.48. The van der Waals surface area contributed by atoms with Gasteiger partial charge in [0, 0.05) is 23.0 Å². The number of benzene rings is 1. The maximum absolute atomic E-state index is 12.8. The second kappa shape index (κ2) is 10.7. The van der Waals surface area contributed by atoms with E-state index in [1.807, 2.05) is 23.6 Å². The zero-order valence-electron chi connectivity index (χ0n) is 19.3. The maximum Gasteiger partial charge on any atom is 0.226 e. The minimum atomic E-state index is 0.0659. The fraction of sp³-hybridized carbons (Fsp3) is 0.600. The molecule has 0 atom stereocenters. The second-order valence-corrected chi connectivity index (χ2v) is 9.86. The summed E-state index contributed by atoms with van der Waals surface area (Å²) in [5.74, 6) is 1.43. The molecule has 2 aliphatic rings. The number of nitrogens with zero attached hydrogens (tertiary/aromatic N) is 2. The van der Waals surface area contributed by atoms with Crippen molar-refractivity contribution in [2.45, 2.75) is 63.3 Å². The number of hydrogen-bond donors (Lipinski definition) is 1. The second-order valence-electron chi connectivity index (χ2n) is 9.00. The molecule has 2 heterocycles. The topological polar surface area (TPSA) is 63.7 Å². The van der Waals surface area contributed by atoms with E-state index in [1.165, 1.54) is 64.5 Å². The van der Waals surface area contributed by atoms with Gasteiger partial charge in [0.05, 0.1) is 26.3 Å². The van der Waals surface area contributed by atoms with Gasteiger partial charge in [-0.05, 0) is 57.0 Å². The molecule has 1 aliphatic heterocycles. The van der Waals surface area contributed by atoms with Crippen molar-refractivity contribution in [2.75, 3.05) is 33.9 Å². The molecule has 1 aromatic carbocycles. The number of methoxy groups -OCH3 is 2. The first-order valence-electron chi connectivity index (χ1n) is 11.8. The maximum atomic E-state index is 12.8. The number of nitrogens with one attached hydrogen (secondary N) is 1. The van der Waals surface area contributed by atoms with Crippen LogP contribution in [0.25, 0.3) is 10.6 Å².